The number of nitrogens with zero attached hydrogens (tertiary/aromatic N) is 2. The monoisotopic (exact) mass is 417 g/mol. The fraction of sp³-hybridized carbons (Fsp3) is 0.333. The number of rotatable bonds is 11. The standard InChI is InChI=1S/C21H24FN3O5/c1-23-17-5-4-14(10-16(17)22)30-21-15-11-19(28-8-6-26-2)20(29-9-7-27-3)12-18(15)24-13-25-21/h4-5,10-13,23H,6-9H2,1-3H3. The molecular weight excluding hydrogens is 393 g/mol. The fourth-order valence-corrected chi connectivity index (χ4v) is 2.69. The van der Waals surface area contributed by atoms with Crippen LogP contribution in [-0.4, -0.2) is 57.7 Å². The first-order chi connectivity index (χ1) is 14.7. The number of hydrogen-bond acceptors (Lipinski definition) is 8. The molecule has 30 heavy (non-hydrogen) atoms. The topological polar surface area (TPSA) is 84.0 Å². The van der Waals surface area contributed by atoms with E-state index >= 15 is 0 Å². The van der Waals surface area contributed by atoms with Gasteiger partial charge in [0.2, 0.25) is 5.88 Å². The maximum absolute atomic E-state index is 14.1. The second kappa shape index (κ2) is 10.6. The lowest BCUT2D eigenvalue weighted by molar-refractivity contribution is 0.132. The van der Waals surface area contributed by atoms with Crippen molar-refractivity contribution in [3.8, 4) is 23.1 Å². The summed E-state index contributed by atoms with van der Waals surface area (Å²) >= 11 is 0. The van der Waals surface area contributed by atoms with Gasteiger partial charge in [-0.25, -0.2) is 14.4 Å². The van der Waals surface area contributed by atoms with Gasteiger partial charge in [0, 0.05) is 33.4 Å². The van der Waals surface area contributed by atoms with Crippen LogP contribution in [0.5, 0.6) is 23.1 Å². The smallest absolute Gasteiger partial charge is 0.230 e. The molecule has 8 nitrogen and oxygen atoms in total. The summed E-state index contributed by atoms with van der Waals surface area (Å²) in [5.74, 6) is 1.17. The number of nitrogens with one attached hydrogen (secondary N) is 1. The molecule has 0 spiro atoms. The van der Waals surface area contributed by atoms with E-state index in [1.165, 1.54) is 12.4 Å². The highest BCUT2D eigenvalue weighted by Gasteiger charge is 2.14. The lowest BCUT2D eigenvalue weighted by Crippen LogP contribution is -2.08. The molecule has 0 saturated heterocycles. The number of methoxy groups -OCH3 is 2. The van der Waals surface area contributed by atoms with Crippen LogP contribution >= 0.6 is 0 Å². The van der Waals surface area contributed by atoms with E-state index in [1.807, 2.05) is 0 Å². The molecule has 1 heterocycles. The van der Waals surface area contributed by atoms with Gasteiger partial charge in [-0.15, -0.1) is 0 Å². The summed E-state index contributed by atoms with van der Waals surface area (Å²) in [7, 11) is 4.84. The predicted molar refractivity (Wildman–Crippen MR) is 110 cm³/mol. The van der Waals surface area contributed by atoms with E-state index in [9.17, 15) is 4.39 Å². The number of halogens is 1. The number of benzene rings is 2. The largest absolute Gasteiger partial charge is 0.487 e. The average molecular weight is 417 g/mol. The van der Waals surface area contributed by atoms with Crippen molar-refractivity contribution in [2.45, 2.75) is 0 Å². The Morgan fingerprint density at radius 3 is 2.23 bits per heavy atom. The zero-order valence-electron chi connectivity index (χ0n) is 17.1. The molecule has 3 aromatic rings. The maximum atomic E-state index is 14.1. The Labute approximate surface area is 173 Å². The zero-order valence-corrected chi connectivity index (χ0v) is 17.1. The highest BCUT2D eigenvalue weighted by atomic mass is 19.1. The van der Waals surface area contributed by atoms with Gasteiger partial charge in [-0.1, -0.05) is 0 Å². The molecule has 0 radical (unpaired) electrons. The summed E-state index contributed by atoms with van der Waals surface area (Å²) in [5, 5.41) is 3.37. The van der Waals surface area contributed by atoms with Gasteiger partial charge < -0.3 is 29.0 Å². The van der Waals surface area contributed by atoms with Gasteiger partial charge in [0.15, 0.2) is 11.5 Å². The van der Waals surface area contributed by atoms with E-state index in [-0.39, 0.29) is 5.88 Å². The van der Waals surface area contributed by atoms with Crippen LogP contribution in [0.15, 0.2) is 36.7 Å². The Kier molecular flexibility index (Phi) is 7.58. The van der Waals surface area contributed by atoms with E-state index < -0.39 is 5.82 Å². The highest BCUT2D eigenvalue weighted by Crippen LogP contribution is 2.36. The molecule has 0 unspecified atom stereocenters. The first-order valence-electron chi connectivity index (χ1n) is 9.33. The van der Waals surface area contributed by atoms with Crippen molar-refractivity contribution in [3.05, 3.63) is 42.5 Å². The van der Waals surface area contributed by atoms with Gasteiger partial charge in [0.25, 0.3) is 0 Å². The quantitative estimate of drug-likeness (QED) is 0.474. The van der Waals surface area contributed by atoms with Crippen LogP contribution in [0.25, 0.3) is 10.9 Å². The van der Waals surface area contributed by atoms with Gasteiger partial charge in [-0.05, 0) is 18.2 Å². The van der Waals surface area contributed by atoms with Gasteiger partial charge in [-0.3, -0.25) is 0 Å². The third-order valence-corrected chi connectivity index (χ3v) is 4.18. The SMILES string of the molecule is CNc1ccc(Oc2ncnc3cc(OCCOC)c(OCCOC)cc23)cc1F. The number of aromatic nitrogens is 2. The normalized spacial score (nSPS) is 10.8. The van der Waals surface area contributed by atoms with Crippen LogP contribution in [0.4, 0.5) is 10.1 Å². The summed E-state index contributed by atoms with van der Waals surface area (Å²) in [6.45, 7) is 1.54. The van der Waals surface area contributed by atoms with Gasteiger partial charge in [0.05, 0.1) is 29.8 Å². The van der Waals surface area contributed by atoms with E-state index in [2.05, 4.69) is 15.3 Å². The first-order valence-corrected chi connectivity index (χ1v) is 9.33. The first kappa shape index (κ1) is 21.5. The summed E-state index contributed by atoms with van der Waals surface area (Å²) in [6.07, 6.45) is 1.38. The highest BCUT2D eigenvalue weighted by molar-refractivity contribution is 5.87. The van der Waals surface area contributed by atoms with Crippen molar-refractivity contribution < 1.29 is 28.1 Å². The molecule has 0 bridgehead atoms. The maximum Gasteiger partial charge on any atom is 0.230 e. The fourth-order valence-electron chi connectivity index (χ4n) is 2.69. The predicted octanol–water partition coefficient (Wildman–Crippen LogP) is 3.65. The Bertz CT molecular complexity index is 986. The number of ether oxygens (including phenoxy) is 5. The van der Waals surface area contributed by atoms with Gasteiger partial charge >= 0.3 is 0 Å². The lowest BCUT2D eigenvalue weighted by atomic mass is 10.2. The van der Waals surface area contributed by atoms with Crippen LogP contribution < -0.4 is 19.5 Å². The molecule has 0 saturated carbocycles. The molecule has 2 aromatic carbocycles. The van der Waals surface area contributed by atoms with Crippen molar-refractivity contribution in [1.29, 1.82) is 0 Å². The number of hydrogen-bond donors (Lipinski definition) is 1. The minimum atomic E-state index is -0.425. The minimum absolute atomic E-state index is 0.275. The van der Waals surface area contributed by atoms with Gasteiger partial charge in [0.1, 0.15) is 31.1 Å². The third kappa shape index (κ3) is 5.25. The zero-order chi connectivity index (χ0) is 21.3. The molecule has 0 atom stereocenters. The van der Waals surface area contributed by atoms with Crippen LogP contribution in [-0.2, 0) is 9.47 Å². The Morgan fingerprint density at radius 1 is 0.900 bits per heavy atom. The molecule has 0 fully saturated rings. The van der Waals surface area contributed by atoms with Crippen molar-refractivity contribution in [1.82, 2.24) is 9.97 Å². The molecule has 1 aromatic heterocycles. The van der Waals surface area contributed by atoms with Crippen LogP contribution in [0, 0.1) is 5.82 Å². The molecule has 0 amide bonds. The minimum Gasteiger partial charge on any atom is -0.487 e. The molecule has 3 rings (SSSR count). The number of fused-ring (bicyclic) bond motifs is 1. The molecule has 0 aliphatic rings. The molecule has 160 valence electrons. The van der Waals surface area contributed by atoms with E-state index in [4.69, 9.17) is 23.7 Å². The van der Waals surface area contributed by atoms with Crippen LogP contribution in [0.2, 0.25) is 0 Å². The Morgan fingerprint density at radius 2 is 1.60 bits per heavy atom. The lowest BCUT2D eigenvalue weighted by Gasteiger charge is -2.15. The molecule has 0 aliphatic carbocycles. The average Bonchev–Trinajstić information content (AvgIpc) is 2.75. The summed E-state index contributed by atoms with van der Waals surface area (Å²) in [5.41, 5.74) is 0.973. The summed E-state index contributed by atoms with van der Waals surface area (Å²) < 4.78 is 41.6. The Balaban J connectivity index is 1.94. The molecule has 1 N–H and O–H groups in total. The van der Waals surface area contributed by atoms with Crippen molar-refractivity contribution in [3.63, 3.8) is 0 Å². The van der Waals surface area contributed by atoms with Crippen molar-refractivity contribution in [2.75, 3.05) is 53.0 Å². The third-order valence-electron chi connectivity index (χ3n) is 4.18. The molecule has 9 heteroatoms. The Hall–Kier alpha value is -3.17. The second-order valence-electron chi connectivity index (χ2n) is 6.17. The second-order valence-corrected chi connectivity index (χ2v) is 6.17. The molecular formula is C21H24FN3O5. The van der Waals surface area contributed by atoms with Crippen LogP contribution in [0.1, 0.15) is 0 Å². The summed E-state index contributed by atoms with van der Waals surface area (Å²) in [6, 6.07) is 8.02. The van der Waals surface area contributed by atoms with E-state index in [0.717, 1.165) is 0 Å². The van der Waals surface area contributed by atoms with Crippen LogP contribution in [0.3, 0.4) is 0 Å². The van der Waals surface area contributed by atoms with Crippen molar-refractivity contribution in [2.24, 2.45) is 0 Å². The summed E-state index contributed by atoms with van der Waals surface area (Å²) in [4.78, 5) is 8.49. The van der Waals surface area contributed by atoms with E-state index in [0.29, 0.717) is 60.3 Å². The number of anilines is 1. The van der Waals surface area contributed by atoms with Gasteiger partial charge in [-0.2, -0.15) is 0 Å². The van der Waals surface area contributed by atoms with Crippen molar-refractivity contribution >= 4 is 16.6 Å². The van der Waals surface area contributed by atoms with E-state index in [1.54, 1.807) is 45.5 Å². The molecule has 0 aliphatic heterocycles.